The number of nitrogens with zero attached hydrogens (tertiary/aromatic N) is 1. The van der Waals surface area contributed by atoms with E-state index >= 15 is 0 Å². The average molecular weight is 576 g/mol. The van der Waals surface area contributed by atoms with Gasteiger partial charge in [-0.05, 0) is 64.7 Å². The molecule has 0 aliphatic rings. The zero-order valence-corrected chi connectivity index (χ0v) is 24.2. The van der Waals surface area contributed by atoms with E-state index in [1.807, 2.05) is 12.1 Å². The normalized spacial score (nSPS) is 12.0. The molecule has 3 nitrogen and oxygen atoms in total. The van der Waals surface area contributed by atoms with Crippen molar-refractivity contribution in [3.05, 3.63) is 152 Å². The van der Waals surface area contributed by atoms with Crippen LogP contribution in [0.1, 0.15) is 0 Å². The lowest BCUT2D eigenvalue weighted by molar-refractivity contribution is 0.666. The van der Waals surface area contributed by atoms with Crippen molar-refractivity contribution in [1.29, 1.82) is 0 Å². The zero-order chi connectivity index (χ0) is 29.5. The maximum atomic E-state index is 6.77. The minimum Gasteiger partial charge on any atom is -0.456 e. The van der Waals surface area contributed by atoms with Gasteiger partial charge in [-0.3, -0.25) is 0 Å². The molecule has 45 heavy (non-hydrogen) atoms. The van der Waals surface area contributed by atoms with Gasteiger partial charge in [0.2, 0.25) is 0 Å². The summed E-state index contributed by atoms with van der Waals surface area (Å²) in [5, 5.41) is 6.90. The summed E-state index contributed by atoms with van der Waals surface area (Å²) in [4.78, 5) is 0. The Hall–Kier alpha value is -6.06. The third-order valence-electron chi connectivity index (χ3n) is 9.21. The molecule has 0 saturated heterocycles. The summed E-state index contributed by atoms with van der Waals surface area (Å²) in [5.41, 5.74) is 11.5. The van der Waals surface area contributed by atoms with Crippen molar-refractivity contribution in [2.24, 2.45) is 0 Å². The Morgan fingerprint density at radius 3 is 2.00 bits per heavy atom. The number of para-hydroxylation sites is 3. The van der Waals surface area contributed by atoms with Gasteiger partial charge in [-0.1, -0.05) is 109 Å². The molecule has 10 aromatic rings. The summed E-state index contributed by atoms with van der Waals surface area (Å²) in [5.74, 6) is 0. The van der Waals surface area contributed by atoms with Crippen molar-refractivity contribution >= 4 is 65.7 Å². The minimum atomic E-state index is 0.866. The number of fused-ring (bicyclic) bond motifs is 9. The van der Waals surface area contributed by atoms with Crippen LogP contribution in [0, 0.1) is 0 Å². The van der Waals surface area contributed by atoms with E-state index < -0.39 is 0 Å². The van der Waals surface area contributed by atoms with Gasteiger partial charge in [-0.2, -0.15) is 0 Å². The summed E-state index contributed by atoms with van der Waals surface area (Å²) >= 11 is 0. The zero-order valence-electron chi connectivity index (χ0n) is 24.2. The van der Waals surface area contributed by atoms with Crippen LogP contribution in [0.15, 0.2) is 160 Å². The van der Waals surface area contributed by atoms with E-state index in [0.29, 0.717) is 0 Å². The summed E-state index contributed by atoms with van der Waals surface area (Å²) in [6.45, 7) is 0. The SMILES string of the molecule is c1ccc(-c2ccc3c4ccccc4n(-c4cccc5c4oc4cccc(-c6ccc7c(c6)oc6ccccc67)c45)c3c2)cc1. The van der Waals surface area contributed by atoms with Crippen LogP contribution >= 0.6 is 0 Å². The van der Waals surface area contributed by atoms with Gasteiger partial charge in [0.1, 0.15) is 16.7 Å². The lowest BCUT2D eigenvalue weighted by Gasteiger charge is -2.10. The second-order valence-corrected chi connectivity index (χ2v) is 11.7. The van der Waals surface area contributed by atoms with Crippen LogP contribution in [0.5, 0.6) is 0 Å². The molecule has 3 heteroatoms. The minimum absolute atomic E-state index is 0.866. The average Bonchev–Trinajstić information content (AvgIpc) is 3.77. The predicted molar refractivity (Wildman–Crippen MR) is 186 cm³/mol. The molecule has 0 aliphatic heterocycles. The van der Waals surface area contributed by atoms with Crippen molar-refractivity contribution < 1.29 is 8.83 Å². The first-order chi connectivity index (χ1) is 22.3. The van der Waals surface area contributed by atoms with Crippen molar-refractivity contribution in [1.82, 2.24) is 4.57 Å². The molecule has 0 radical (unpaired) electrons. The highest BCUT2D eigenvalue weighted by molar-refractivity contribution is 6.17. The second-order valence-electron chi connectivity index (χ2n) is 11.7. The van der Waals surface area contributed by atoms with Crippen LogP contribution in [0.2, 0.25) is 0 Å². The molecule has 0 saturated carbocycles. The molecule has 0 N–H and O–H groups in total. The molecule has 7 aromatic carbocycles. The van der Waals surface area contributed by atoms with Crippen LogP contribution in [-0.2, 0) is 0 Å². The molecule has 10 rings (SSSR count). The fourth-order valence-electron chi connectivity index (χ4n) is 7.18. The molecule has 3 heterocycles. The first-order valence-electron chi connectivity index (χ1n) is 15.3. The van der Waals surface area contributed by atoms with Gasteiger partial charge >= 0.3 is 0 Å². The van der Waals surface area contributed by atoms with E-state index in [1.165, 1.54) is 21.9 Å². The molecule has 210 valence electrons. The molecular formula is C42H25NO2. The Bertz CT molecular complexity index is 2760. The summed E-state index contributed by atoms with van der Waals surface area (Å²) in [7, 11) is 0. The van der Waals surface area contributed by atoms with Crippen LogP contribution in [0.3, 0.4) is 0 Å². The Labute approximate surface area is 258 Å². The van der Waals surface area contributed by atoms with Crippen LogP contribution in [0.4, 0.5) is 0 Å². The fraction of sp³-hybridized carbons (Fsp3) is 0. The Kier molecular flexibility index (Phi) is 5.00. The number of furan rings is 2. The molecule has 0 atom stereocenters. The predicted octanol–water partition coefficient (Wildman–Crippen LogP) is 11.9. The molecule has 3 aromatic heterocycles. The first kappa shape index (κ1) is 24.4. The van der Waals surface area contributed by atoms with Crippen molar-refractivity contribution in [2.75, 3.05) is 0 Å². The fourth-order valence-corrected chi connectivity index (χ4v) is 7.18. The van der Waals surface area contributed by atoms with Gasteiger partial charge < -0.3 is 13.4 Å². The highest BCUT2D eigenvalue weighted by atomic mass is 16.3. The van der Waals surface area contributed by atoms with Gasteiger partial charge in [0.25, 0.3) is 0 Å². The molecule has 0 spiro atoms. The van der Waals surface area contributed by atoms with E-state index in [4.69, 9.17) is 8.83 Å². The monoisotopic (exact) mass is 575 g/mol. The maximum Gasteiger partial charge on any atom is 0.159 e. The smallest absolute Gasteiger partial charge is 0.159 e. The summed E-state index contributed by atoms with van der Waals surface area (Å²) in [6, 6.07) is 53.6. The van der Waals surface area contributed by atoms with Crippen molar-refractivity contribution in [2.45, 2.75) is 0 Å². The van der Waals surface area contributed by atoms with Gasteiger partial charge in [0, 0.05) is 32.3 Å². The topological polar surface area (TPSA) is 31.2 Å². The van der Waals surface area contributed by atoms with E-state index in [9.17, 15) is 0 Å². The first-order valence-corrected chi connectivity index (χ1v) is 15.3. The maximum absolute atomic E-state index is 6.77. The Morgan fingerprint density at radius 1 is 0.378 bits per heavy atom. The van der Waals surface area contributed by atoms with E-state index in [1.54, 1.807) is 0 Å². The van der Waals surface area contributed by atoms with E-state index in [2.05, 4.69) is 144 Å². The quantitative estimate of drug-likeness (QED) is 0.210. The Balaban J connectivity index is 1.24. The van der Waals surface area contributed by atoms with Gasteiger partial charge in [0.05, 0.1) is 16.7 Å². The lowest BCUT2D eigenvalue weighted by atomic mass is 9.98. The third-order valence-corrected chi connectivity index (χ3v) is 9.21. The number of benzene rings is 7. The van der Waals surface area contributed by atoms with E-state index in [-0.39, 0.29) is 0 Å². The standard InChI is InChI=1S/C42H25NO2/c1-2-10-26(11-3-1)27-20-22-31-30-12-4-6-16-35(30)43(37(31)24-27)36-17-8-15-34-41-29(14-9-19-39(41)45-42(34)36)28-21-23-33-32-13-5-7-18-38(32)44-40(33)25-28/h1-25H. The highest BCUT2D eigenvalue weighted by Gasteiger charge is 2.20. The van der Waals surface area contributed by atoms with Gasteiger partial charge in [-0.15, -0.1) is 0 Å². The molecule has 0 amide bonds. The molecular weight excluding hydrogens is 550 g/mol. The second kappa shape index (κ2) is 9.22. The number of hydrogen-bond acceptors (Lipinski definition) is 2. The van der Waals surface area contributed by atoms with Crippen LogP contribution in [0.25, 0.3) is 93.6 Å². The Morgan fingerprint density at radius 2 is 1.07 bits per heavy atom. The summed E-state index contributed by atoms with van der Waals surface area (Å²) in [6.07, 6.45) is 0. The van der Waals surface area contributed by atoms with Gasteiger partial charge in [-0.25, -0.2) is 0 Å². The number of rotatable bonds is 3. The largest absolute Gasteiger partial charge is 0.456 e. The van der Waals surface area contributed by atoms with Crippen molar-refractivity contribution in [3.63, 3.8) is 0 Å². The van der Waals surface area contributed by atoms with Crippen LogP contribution in [-0.4, -0.2) is 4.57 Å². The summed E-state index contributed by atoms with van der Waals surface area (Å²) < 4.78 is 15.4. The van der Waals surface area contributed by atoms with Crippen molar-refractivity contribution in [3.8, 4) is 27.9 Å². The molecule has 0 aliphatic carbocycles. The number of hydrogen-bond donors (Lipinski definition) is 0. The number of aromatic nitrogens is 1. The van der Waals surface area contributed by atoms with Gasteiger partial charge in [0.15, 0.2) is 5.58 Å². The lowest BCUT2D eigenvalue weighted by Crippen LogP contribution is -1.94. The molecule has 0 fully saturated rings. The van der Waals surface area contributed by atoms with E-state index in [0.717, 1.165) is 71.7 Å². The highest BCUT2D eigenvalue weighted by Crippen LogP contribution is 2.42. The molecule has 0 bridgehead atoms. The van der Waals surface area contributed by atoms with Crippen LogP contribution < -0.4 is 0 Å². The third kappa shape index (κ3) is 3.52. The molecule has 0 unspecified atom stereocenters.